The molecule has 0 aliphatic heterocycles. The summed E-state index contributed by atoms with van der Waals surface area (Å²) in [5.74, 6) is 0.619. The Morgan fingerprint density at radius 2 is 1.87 bits per heavy atom. The van der Waals surface area contributed by atoms with Gasteiger partial charge in [0, 0.05) is 29.8 Å². The molecule has 0 saturated carbocycles. The second-order valence-corrected chi connectivity index (χ2v) is 8.42. The number of anilines is 1. The minimum Gasteiger partial charge on any atom is -0.494 e. The molecule has 1 heterocycles. The van der Waals surface area contributed by atoms with E-state index in [1.165, 1.54) is 11.3 Å². The van der Waals surface area contributed by atoms with Gasteiger partial charge in [-0.2, -0.15) is 0 Å². The van der Waals surface area contributed by atoms with Gasteiger partial charge in [0.25, 0.3) is 11.8 Å². The van der Waals surface area contributed by atoms with E-state index in [-0.39, 0.29) is 11.8 Å². The van der Waals surface area contributed by atoms with Crippen molar-refractivity contribution in [3.8, 4) is 5.75 Å². The Morgan fingerprint density at radius 1 is 1.06 bits per heavy atom. The molecule has 3 aromatic rings. The molecular formula is C23H26N4O3S. The van der Waals surface area contributed by atoms with Crippen LogP contribution in [0, 0.1) is 5.92 Å². The highest BCUT2D eigenvalue weighted by atomic mass is 32.1. The van der Waals surface area contributed by atoms with Crippen molar-refractivity contribution >= 4 is 28.8 Å². The van der Waals surface area contributed by atoms with E-state index in [1.807, 2.05) is 31.2 Å². The van der Waals surface area contributed by atoms with Crippen molar-refractivity contribution < 1.29 is 14.3 Å². The van der Waals surface area contributed by atoms with Crippen LogP contribution >= 0.6 is 11.3 Å². The lowest BCUT2D eigenvalue weighted by Crippen LogP contribution is -2.23. The summed E-state index contributed by atoms with van der Waals surface area (Å²) in [5.41, 5.74) is 1.87. The zero-order valence-electron chi connectivity index (χ0n) is 17.8. The number of para-hydroxylation sites is 1. The molecule has 7 nitrogen and oxygen atoms in total. The summed E-state index contributed by atoms with van der Waals surface area (Å²) >= 11 is 1.28. The normalized spacial score (nSPS) is 10.7. The van der Waals surface area contributed by atoms with Crippen LogP contribution in [0.2, 0.25) is 0 Å². The molecule has 0 radical (unpaired) electrons. The Bertz CT molecular complexity index is 1050. The van der Waals surface area contributed by atoms with Gasteiger partial charge in [-0.1, -0.05) is 49.4 Å². The molecule has 2 aromatic carbocycles. The van der Waals surface area contributed by atoms with Gasteiger partial charge in [-0.15, -0.1) is 10.2 Å². The number of nitrogens with zero attached hydrogens (tertiary/aromatic N) is 2. The zero-order chi connectivity index (χ0) is 22.2. The maximum atomic E-state index is 12.6. The number of rotatable bonds is 9. The maximum absolute atomic E-state index is 12.6. The van der Waals surface area contributed by atoms with E-state index in [0.717, 1.165) is 22.7 Å². The predicted molar refractivity (Wildman–Crippen MR) is 122 cm³/mol. The second-order valence-electron chi connectivity index (χ2n) is 7.36. The molecule has 0 unspecified atom stereocenters. The largest absolute Gasteiger partial charge is 0.494 e. The van der Waals surface area contributed by atoms with Crippen LogP contribution in [0.4, 0.5) is 5.69 Å². The Labute approximate surface area is 185 Å². The first-order chi connectivity index (χ1) is 15.0. The molecule has 0 fully saturated rings. The number of hydrogen-bond acceptors (Lipinski definition) is 6. The van der Waals surface area contributed by atoms with E-state index >= 15 is 0 Å². The molecule has 31 heavy (non-hydrogen) atoms. The van der Waals surface area contributed by atoms with Crippen LogP contribution in [0.5, 0.6) is 5.75 Å². The van der Waals surface area contributed by atoms with Crippen molar-refractivity contribution in [1.29, 1.82) is 0 Å². The third-order valence-corrected chi connectivity index (χ3v) is 5.28. The fourth-order valence-corrected chi connectivity index (χ4v) is 3.87. The molecule has 3 rings (SSSR count). The van der Waals surface area contributed by atoms with Crippen LogP contribution in [-0.4, -0.2) is 28.6 Å². The topological polar surface area (TPSA) is 93.2 Å². The highest BCUT2D eigenvalue weighted by molar-refractivity contribution is 7.13. The van der Waals surface area contributed by atoms with E-state index < -0.39 is 0 Å². The predicted octanol–water partition coefficient (Wildman–Crippen LogP) is 4.32. The molecule has 8 heteroatoms. The molecule has 0 bridgehead atoms. The van der Waals surface area contributed by atoms with E-state index in [9.17, 15) is 9.59 Å². The van der Waals surface area contributed by atoms with E-state index in [0.29, 0.717) is 35.3 Å². The molecule has 1 aromatic heterocycles. The third-order valence-electron chi connectivity index (χ3n) is 4.34. The summed E-state index contributed by atoms with van der Waals surface area (Å²) < 4.78 is 5.59. The van der Waals surface area contributed by atoms with Crippen molar-refractivity contribution in [3.05, 3.63) is 69.7 Å². The van der Waals surface area contributed by atoms with Gasteiger partial charge in [0.2, 0.25) is 5.01 Å². The SMILES string of the molecule is CCOc1ccccc1CNC(=O)c1cccc(NC(=O)c2nnc(CC(C)C)s2)c1. The van der Waals surface area contributed by atoms with Gasteiger partial charge in [-0.25, -0.2) is 0 Å². The van der Waals surface area contributed by atoms with Crippen molar-refractivity contribution in [2.24, 2.45) is 5.92 Å². The Morgan fingerprint density at radius 3 is 2.65 bits per heavy atom. The molecule has 0 spiro atoms. The van der Waals surface area contributed by atoms with Gasteiger partial charge in [-0.05, 0) is 37.1 Å². The Kier molecular flexibility index (Phi) is 7.72. The van der Waals surface area contributed by atoms with Crippen molar-refractivity contribution in [1.82, 2.24) is 15.5 Å². The van der Waals surface area contributed by atoms with E-state index in [2.05, 4.69) is 34.7 Å². The first-order valence-corrected chi connectivity index (χ1v) is 11.0. The van der Waals surface area contributed by atoms with Crippen molar-refractivity contribution in [2.45, 2.75) is 33.7 Å². The number of hydrogen-bond donors (Lipinski definition) is 2. The second kappa shape index (κ2) is 10.7. The van der Waals surface area contributed by atoms with Crippen LogP contribution in [0.1, 0.15) is 51.5 Å². The first-order valence-electron chi connectivity index (χ1n) is 10.2. The summed E-state index contributed by atoms with van der Waals surface area (Å²) in [6, 6.07) is 14.4. The van der Waals surface area contributed by atoms with E-state index in [4.69, 9.17) is 4.74 Å². The zero-order valence-corrected chi connectivity index (χ0v) is 18.7. The van der Waals surface area contributed by atoms with Crippen LogP contribution in [-0.2, 0) is 13.0 Å². The molecule has 0 aliphatic rings. The van der Waals surface area contributed by atoms with Gasteiger partial charge >= 0.3 is 0 Å². The molecular weight excluding hydrogens is 412 g/mol. The summed E-state index contributed by atoms with van der Waals surface area (Å²) in [7, 11) is 0. The molecule has 2 amide bonds. The minimum absolute atomic E-state index is 0.238. The minimum atomic E-state index is -0.337. The molecule has 2 N–H and O–H groups in total. The fourth-order valence-electron chi connectivity index (χ4n) is 2.92. The molecule has 0 atom stereocenters. The first kappa shape index (κ1) is 22.4. The fraction of sp³-hybridized carbons (Fsp3) is 0.304. The van der Waals surface area contributed by atoms with E-state index in [1.54, 1.807) is 24.3 Å². The van der Waals surface area contributed by atoms with Gasteiger partial charge < -0.3 is 15.4 Å². The van der Waals surface area contributed by atoms with Crippen LogP contribution < -0.4 is 15.4 Å². The standard InChI is InChI=1S/C23H26N4O3S/c1-4-30-19-11-6-5-8-17(19)14-24-21(28)16-9-7-10-18(13-16)25-22(29)23-27-26-20(31-23)12-15(2)3/h5-11,13,15H,4,12,14H2,1-3H3,(H,24,28)(H,25,29). The lowest BCUT2D eigenvalue weighted by Gasteiger charge is -2.11. The lowest BCUT2D eigenvalue weighted by molar-refractivity contribution is 0.0949. The molecule has 162 valence electrons. The average molecular weight is 439 g/mol. The number of nitrogens with one attached hydrogen (secondary N) is 2. The van der Waals surface area contributed by atoms with Gasteiger partial charge in [0.1, 0.15) is 10.8 Å². The average Bonchev–Trinajstić information content (AvgIpc) is 3.21. The number of carbonyl (C=O) groups is 2. The number of ether oxygens (including phenoxy) is 1. The van der Waals surface area contributed by atoms with Gasteiger partial charge in [-0.3, -0.25) is 9.59 Å². The Balaban J connectivity index is 1.62. The van der Waals surface area contributed by atoms with Crippen LogP contribution in [0.15, 0.2) is 48.5 Å². The number of aromatic nitrogens is 2. The van der Waals surface area contributed by atoms with Crippen molar-refractivity contribution in [2.75, 3.05) is 11.9 Å². The van der Waals surface area contributed by atoms with Crippen molar-refractivity contribution in [3.63, 3.8) is 0 Å². The number of carbonyl (C=O) groups excluding carboxylic acids is 2. The highest BCUT2D eigenvalue weighted by Crippen LogP contribution is 2.19. The molecule has 0 saturated heterocycles. The molecule has 0 aliphatic carbocycles. The summed E-state index contributed by atoms with van der Waals surface area (Å²) in [5, 5.41) is 14.9. The quantitative estimate of drug-likeness (QED) is 0.519. The third kappa shape index (κ3) is 6.36. The summed E-state index contributed by atoms with van der Waals surface area (Å²) in [4.78, 5) is 25.1. The smallest absolute Gasteiger partial charge is 0.286 e. The number of benzene rings is 2. The number of amides is 2. The van der Waals surface area contributed by atoms with Crippen LogP contribution in [0.3, 0.4) is 0 Å². The van der Waals surface area contributed by atoms with Gasteiger partial charge in [0.05, 0.1) is 6.61 Å². The monoisotopic (exact) mass is 438 g/mol. The maximum Gasteiger partial charge on any atom is 0.286 e. The van der Waals surface area contributed by atoms with Crippen LogP contribution in [0.25, 0.3) is 0 Å². The Hall–Kier alpha value is -3.26. The van der Waals surface area contributed by atoms with Gasteiger partial charge in [0.15, 0.2) is 0 Å². The summed E-state index contributed by atoms with van der Waals surface area (Å²) in [6.45, 7) is 7.00. The summed E-state index contributed by atoms with van der Waals surface area (Å²) in [6.07, 6.45) is 0.785. The lowest BCUT2D eigenvalue weighted by atomic mass is 10.1. The highest BCUT2D eigenvalue weighted by Gasteiger charge is 2.15.